The summed E-state index contributed by atoms with van der Waals surface area (Å²) in [5, 5.41) is 3.95. The van der Waals surface area contributed by atoms with Crippen molar-refractivity contribution in [1.82, 2.24) is 14.8 Å². The summed E-state index contributed by atoms with van der Waals surface area (Å²) in [6, 6.07) is 2.95. The van der Waals surface area contributed by atoms with Crippen molar-refractivity contribution >= 4 is 11.6 Å². The Hall–Kier alpha value is -1.56. The lowest BCUT2D eigenvalue weighted by Crippen LogP contribution is -2.03. The van der Waals surface area contributed by atoms with Crippen LogP contribution in [0, 0.1) is 0 Å². The van der Waals surface area contributed by atoms with E-state index in [2.05, 4.69) is 10.1 Å². The van der Waals surface area contributed by atoms with Gasteiger partial charge in [-0.25, -0.2) is 9.67 Å². The second kappa shape index (κ2) is 3.79. The van der Waals surface area contributed by atoms with Crippen molar-refractivity contribution in [1.29, 1.82) is 0 Å². The molecule has 0 saturated heterocycles. The van der Waals surface area contributed by atoms with E-state index in [4.69, 9.17) is 11.6 Å². The molecule has 0 spiro atoms. The molecule has 0 saturated carbocycles. The second-order valence-corrected chi connectivity index (χ2v) is 3.44. The molecule has 2 rings (SSSR count). The molecule has 7 heteroatoms. The van der Waals surface area contributed by atoms with Crippen LogP contribution < -0.4 is 0 Å². The Morgan fingerprint density at radius 1 is 1.31 bits per heavy atom. The number of hydrogen-bond acceptors (Lipinski definition) is 2. The first kappa shape index (κ1) is 10.9. The summed E-state index contributed by atoms with van der Waals surface area (Å²) < 4.78 is 37.9. The quantitative estimate of drug-likeness (QED) is 0.776. The average Bonchev–Trinajstić information content (AvgIpc) is 2.65. The predicted molar refractivity (Wildman–Crippen MR) is 51.4 cm³/mol. The first-order valence-corrected chi connectivity index (χ1v) is 4.58. The zero-order chi connectivity index (χ0) is 11.8. The van der Waals surface area contributed by atoms with Gasteiger partial charge < -0.3 is 0 Å². The molecular formula is C9H5ClF3N3. The van der Waals surface area contributed by atoms with Gasteiger partial charge in [-0.15, -0.1) is 0 Å². The molecule has 0 bridgehead atoms. The topological polar surface area (TPSA) is 30.7 Å². The number of rotatable bonds is 1. The Morgan fingerprint density at radius 2 is 2.06 bits per heavy atom. The van der Waals surface area contributed by atoms with Gasteiger partial charge >= 0.3 is 6.18 Å². The Labute approximate surface area is 93.5 Å². The van der Waals surface area contributed by atoms with E-state index in [9.17, 15) is 13.2 Å². The van der Waals surface area contributed by atoms with E-state index in [0.29, 0.717) is 5.02 Å². The zero-order valence-electron chi connectivity index (χ0n) is 7.74. The smallest absolute Gasteiger partial charge is 0.237 e. The molecule has 2 heterocycles. The average molecular weight is 248 g/mol. The highest BCUT2D eigenvalue weighted by Gasteiger charge is 2.32. The molecule has 3 nitrogen and oxygen atoms in total. The van der Waals surface area contributed by atoms with Crippen molar-refractivity contribution in [3.63, 3.8) is 0 Å². The second-order valence-electron chi connectivity index (χ2n) is 3.00. The number of hydrogen-bond donors (Lipinski definition) is 0. The third-order valence-electron chi connectivity index (χ3n) is 1.85. The molecule has 16 heavy (non-hydrogen) atoms. The summed E-state index contributed by atoms with van der Waals surface area (Å²) in [7, 11) is 0. The van der Waals surface area contributed by atoms with Crippen LogP contribution in [0.15, 0.2) is 30.7 Å². The number of alkyl halides is 3. The van der Waals surface area contributed by atoms with E-state index in [-0.39, 0.29) is 5.82 Å². The maximum absolute atomic E-state index is 12.3. The molecule has 0 amide bonds. The van der Waals surface area contributed by atoms with Gasteiger partial charge in [-0.1, -0.05) is 11.6 Å². The fourth-order valence-corrected chi connectivity index (χ4v) is 1.27. The molecule has 0 unspecified atom stereocenters. The molecule has 0 aliphatic rings. The van der Waals surface area contributed by atoms with Crippen molar-refractivity contribution in [2.24, 2.45) is 0 Å². The molecule has 2 aromatic heterocycles. The summed E-state index contributed by atoms with van der Waals surface area (Å²) in [5.41, 5.74) is -0.825. The van der Waals surface area contributed by atoms with E-state index < -0.39 is 11.7 Å². The first-order valence-electron chi connectivity index (χ1n) is 4.20. The third kappa shape index (κ3) is 2.16. The normalized spacial score (nSPS) is 11.8. The van der Waals surface area contributed by atoms with Gasteiger partial charge in [0.15, 0.2) is 5.82 Å². The zero-order valence-corrected chi connectivity index (χ0v) is 8.50. The van der Waals surface area contributed by atoms with E-state index in [1.807, 2.05) is 0 Å². The highest BCUT2D eigenvalue weighted by Crippen LogP contribution is 2.29. The monoisotopic (exact) mass is 247 g/mol. The maximum atomic E-state index is 12.3. The van der Waals surface area contributed by atoms with Crippen LogP contribution >= 0.6 is 11.6 Å². The van der Waals surface area contributed by atoms with E-state index in [1.165, 1.54) is 18.3 Å². The van der Waals surface area contributed by atoms with Gasteiger partial charge in [-0.3, -0.25) is 0 Å². The Kier molecular flexibility index (Phi) is 2.59. The van der Waals surface area contributed by atoms with Gasteiger partial charge in [0.05, 0.1) is 11.8 Å². The van der Waals surface area contributed by atoms with Crippen LogP contribution in [0.5, 0.6) is 0 Å². The maximum Gasteiger partial charge on any atom is 0.419 e. The fourth-order valence-electron chi connectivity index (χ4n) is 1.11. The molecule has 0 atom stereocenters. The van der Waals surface area contributed by atoms with Crippen LogP contribution in [0.1, 0.15) is 5.56 Å². The van der Waals surface area contributed by atoms with Crippen LogP contribution in [0.3, 0.4) is 0 Å². The lowest BCUT2D eigenvalue weighted by molar-refractivity contribution is -0.137. The third-order valence-corrected chi connectivity index (χ3v) is 2.09. The van der Waals surface area contributed by atoms with Crippen molar-refractivity contribution in [3.05, 3.63) is 41.3 Å². The van der Waals surface area contributed by atoms with Gasteiger partial charge in [0.2, 0.25) is 0 Å². The largest absolute Gasteiger partial charge is 0.419 e. The van der Waals surface area contributed by atoms with Gasteiger partial charge in [0.1, 0.15) is 0 Å². The highest BCUT2D eigenvalue weighted by atomic mass is 35.5. The SMILES string of the molecule is FC(F)(F)c1cnn(-c2cc(Cl)ccn2)c1. The summed E-state index contributed by atoms with van der Waals surface area (Å²) in [6.45, 7) is 0. The highest BCUT2D eigenvalue weighted by molar-refractivity contribution is 6.30. The molecule has 0 N–H and O–H groups in total. The minimum atomic E-state index is -4.41. The van der Waals surface area contributed by atoms with E-state index >= 15 is 0 Å². The van der Waals surface area contributed by atoms with Crippen LogP contribution in [0.2, 0.25) is 5.02 Å². The van der Waals surface area contributed by atoms with Crippen molar-refractivity contribution in [2.75, 3.05) is 0 Å². The summed E-state index contributed by atoms with van der Waals surface area (Å²) in [6.07, 6.45) is -1.41. The molecule has 0 aliphatic heterocycles. The van der Waals surface area contributed by atoms with E-state index in [0.717, 1.165) is 17.1 Å². The fraction of sp³-hybridized carbons (Fsp3) is 0.111. The van der Waals surface area contributed by atoms with Gasteiger partial charge in [-0.05, 0) is 6.07 Å². The van der Waals surface area contributed by atoms with Crippen LogP contribution in [-0.4, -0.2) is 14.8 Å². The Balaban J connectivity index is 2.39. The van der Waals surface area contributed by atoms with Crippen molar-refractivity contribution < 1.29 is 13.2 Å². The molecule has 0 fully saturated rings. The Bertz CT molecular complexity index is 507. The standard InChI is InChI=1S/C9H5ClF3N3/c10-7-1-2-14-8(3-7)16-5-6(4-15-16)9(11,12)13/h1-5H. The van der Waals surface area contributed by atoms with Gasteiger partial charge in [0.25, 0.3) is 0 Å². The minimum Gasteiger partial charge on any atom is -0.237 e. The lowest BCUT2D eigenvalue weighted by atomic mass is 10.3. The Morgan fingerprint density at radius 3 is 2.62 bits per heavy atom. The molecule has 84 valence electrons. The molecule has 0 radical (unpaired) electrons. The van der Waals surface area contributed by atoms with Gasteiger partial charge in [0, 0.05) is 23.5 Å². The van der Waals surface area contributed by atoms with Crippen LogP contribution in [0.25, 0.3) is 5.82 Å². The lowest BCUT2D eigenvalue weighted by Gasteiger charge is -2.01. The minimum absolute atomic E-state index is 0.239. The molecular weight excluding hydrogens is 243 g/mol. The van der Waals surface area contributed by atoms with E-state index in [1.54, 1.807) is 0 Å². The number of aromatic nitrogens is 3. The summed E-state index contributed by atoms with van der Waals surface area (Å²) in [5.74, 6) is 0.239. The van der Waals surface area contributed by atoms with Gasteiger partial charge in [-0.2, -0.15) is 18.3 Å². The summed E-state index contributed by atoms with van der Waals surface area (Å²) in [4.78, 5) is 3.85. The molecule has 2 aromatic rings. The predicted octanol–water partition coefficient (Wildman–Crippen LogP) is 2.94. The van der Waals surface area contributed by atoms with Crippen molar-refractivity contribution in [2.45, 2.75) is 6.18 Å². The molecule has 0 aromatic carbocycles. The van der Waals surface area contributed by atoms with Crippen LogP contribution in [0.4, 0.5) is 13.2 Å². The van der Waals surface area contributed by atoms with Crippen molar-refractivity contribution in [3.8, 4) is 5.82 Å². The molecule has 0 aliphatic carbocycles. The number of halogens is 4. The number of pyridine rings is 1. The van der Waals surface area contributed by atoms with Crippen LogP contribution in [-0.2, 0) is 6.18 Å². The number of nitrogens with zero attached hydrogens (tertiary/aromatic N) is 3. The summed E-state index contributed by atoms with van der Waals surface area (Å²) >= 11 is 5.69. The first-order chi connectivity index (χ1) is 7.47.